The highest BCUT2D eigenvalue weighted by Crippen LogP contribution is 2.26. The van der Waals surface area contributed by atoms with Crippen molar-refractivity contribution in [1.82, 2.24) is 4.98 Å². The molecular formula is C10H9NO2S. The van der Waals surface area contributed by atoms with Crippen LogP contribution in [0.3, 0.4) is 0 Å². The summed E-state index contributed by atoms with van der Waals surface area (Å²) in [7, 11) is 0. The number of aromatic amines is 1. The molecule has 3 nitrogen and oxygen atoms in total. The fourth-order valence-corrected chi connectivity index (χ4v) is 2.09. The molecule has 72 valence electrons. The third kappa shape index (κ3) is 1.56. The maximum Gasteiger partial charge on any atom is 0.352 e. The zero-order chi connectivity index (χ0) is 10.1. The van der Waals surface area contributed by atoms with Crippen molar-refractivity contribution in [3.63, 3.8) is 0 Å². The third-order valence-corrected chi connectivity index (χ3v) is 2.96. The van der Waals surface area contributed by atoms with E-state index in [1.165, 1.54) is 4.88 Å². The van der Waals surface area contributed by atoms with Crippen molar-refractivity contribution in [2.75, 3.05) is 0 Å². The fourth-order valence-electron chi connectivity index (χ4n) is 1.24. The summed E-state index contributed by atoms with van der Waals surface area (Å²) in [6.45, 7) is 2.02. The van der Waals surface area contributed by atoms with Crippen LogP contribution in [0.2, 0.25) is 0 Å². The summed E-state index contributed by atoms with van der Waals surface area (Å²) < 4.78 is 0. The molecule has 0 saturated heterocycles. The Morgan fingerprint density at radius 3 is 2.64 bits per heavy atom. The van der Waals surface area contributed by atoms with E-state index in [2.05, 4.69) is 4.98 Å². The summed E-state index contributed by atoms with van der Waals surface area (Å²) >= 11 is 1.64. The lowest BCUT2D eigenvalue weighted by molar-refractivity contribution is 0.0691. The third-order valence-electron chi connectivity index (χ3n) is 1.92. The van der Waals surface area contributed by atoms with E-state index >= 15 is 0 Å². The van der Waals surface area contributed by atoms with Crippen LogP contribution in [0.5, 0.6) is 0 Å². The Balaban J connectivity index is 2.38. The van der Waals surface area contributed by atoms with Gasteiger partial charge in [0, 0.05) is 4.88 Å². The van der Waals surface area contributed by atoms with Crippen molar-refractivity contribution in [1.29, 1.82) is 0 Å². The number of carboxylic acid groups (broad SMARTS) is 1. The number of carbonyl (C=O) groups is 1. The average molecular weight is 207 g/mol. The largest absolute Gasteiger partial charge is 0.477 e. The molecular weight excluding hydrogens is 198 g/mol. The van der Waals surface area contributed by atoms with Gasteiger partial charge in [-0.05, 0) is 31.2 Å². The van der Waals surface area contributed by atoms with E-state index in [9.17, 15) is 4.79 Å². The highest BCUT2D eigenvalue weighted by molar-refractivity contribution is 7.15. The topological polar surface area (TPSA) is 53.1 Å². The molecule has 2 N–H and O–H groups in total. The van der Waals surface area contributed by atoms with Gasteiger partial charge in [-0.2, -0.15) is 0 Å². The standard InChI is InChI=1S/C10H9NO2S/c1-6-2-5-9(14-6)7-3-4-8(11-7)10(12)13/h2-5,11H,1H3,(H,12,13). The van der Waals surface area contributed by atoms with Gasteiger partial charge in [0.15, 0.2) is 0 Å². The summed E-state index contributed by atoms with van der Waals surface area (Å²) in [4.78, 5) is 15.8. The maximum atomic E-state index is 10.6. The zero-order valence-electron chi connectivity index (χ0n) is 7.57. The molecule has 0 aliphatic heterocycles. The first-order chi connectivity index (χ1) is 6.66. The summed E-state index contributed by atoms with van der Waals surface area (Å²) in [6, 6.07) is 7.36. The second-order valence-corrected chi connectivity index (χ2v) is 4.29. The molecule has 0 unspecified atom stereocenters. The number of carboxylic acids is 1. The number of nitrogens with one attached hydrogen (secondary N) is 1. The summed E-state index contributed by atoms with van der Waals surface area (Å²) in [5.74, 6) is -0.926. The molecule has 0 amide bonds. The Labute approximate surface area is 85.0 Å². The van der Waals surface area contributed by atoms with Gasteiger partial charge in [0.1, 0.15) is 5.69 Å². The monoisotopic (exact) mass is 207 g/mol. The van der Waals surface area contributed by atoms with E-state index < -0.39 is 5.97 Å². The Kier molecular flexibility index (Phi) is 2.13. The Hall–Kier alpha value is -1.55. The lowest BCUT2D eigenvalue weighted by Gasteiger charge is -1.90. The SMILES string of the molecule is Cc1ccc(-c2ccc(C(=O)O)[nH]2)s1. The van der Waals surface area contributed by atoms with Crippen molar-refractivity contribution in [2.45, 2.75) is 6.92 Å². The smallest absolute Gasteiger partial charge is 0.352 e. The lowest BCUT2D eigenvalue weighted by atomic mass is 10.3. The van der Waals surface area contributed by atoms with Crippen LogP contribution in [0.15, 0.2) is 24.3 Å². The van der Waals surface area contributed by atoms with Crippen LogP contribution in [0.1, 0.15) is 15.4 Å². The minimum absolute atomic E-state index is 0.228. The van der Waals surface area contributed by atoms with Crippen molar-refractivity contribution in [3.05, 3.63) is 34.8 Å². The number of aromatic nitrogens is 1. The summed E-state index contributed by atoms with van der Waals surface area (Å²) in [5, 5.41) is 8.72. The molecule has 0 radical (unpaired) electrons. The van der Waals surface area contributed by atoms with Crippen LogP contribution in [0.25, 0.3) is 10.6 Å². The van der Waals surface area contributed by atoms with Gasteiger partial charge < -0.3 is 10.1 Å². The van der Waals surface area contributed by atoms with E-state index in [0.717, 1.165) is 10.6 Å². The van der Waals surface area contributed by atoms with Crippen molar-refractivity contribution < 1.29 is 9.90 Å². The van der Waals surface area contributed by atoms with Gasteiger partial charge in [-0.3, -0.25) is 0 Å². The molecule has 14 heavy (non-hydrogen) atoms. The van der Waals surface area contributed by atoms with E-state index in [4.69, 9.17) is 5.11 Å². The molecule has 0 atom stereocenters. The molecule has 0 aromatic carbocycles. The number of rotatable bonds is 2. The first-order valence-electron chi connectivity index (χ1n) is 4.16. The van der Waals surface area contributed by atoms with E-state index in [1.807, 2.05) is 19.1 Å². The Bertz CT molecular complexity index is 470. The Morgan fingerprint density at radius 2 is 2.14 bits per heavy atom. The quantitative estimate of drug-likeness (QED) is 0.795. The normalized spacial score (nSPS) is 10.4. The minimum atomic E-state index is -0.926. The zero-order valence-corrected chi connectivity index (χ0v) is 8.39. The van der Waals surface area contributed by atoms with Crippen LogP contribution >= 0.6 is 11.3 Å². The van der Waals surface area contributed by atoms with Gasteiger partial charge >= 0.3 is 5.97 Å². The summed E-state index contributed by atoms with van der Waals surface area (Å²) in [6.07, 6.45) is 0. The predicted octanol–water partition coefficient (Wildman–Crippen LogP) is 2.75. The molecule has 0 aliphatic rings. The van der Waals surface area contributed by atoms with Crippen LogP contribution < -0.4 is 0 Å². The van der Waals surface area contributed by atoms with Gasteiger partial charge in [0.25, 0.3) is 0 Å². The molecule has 0 saturated carbocycles. The van der Waals surface area contributed by atoms with E-state index in [1.54, 1.807) is 23.5 Å². The van der Waals surface area contributed by atoms with Gasteiger partial charge in [-0.1, -0.05) is 0 Å². The second-order valence-electron chi connectivity index (χ2n) is 3.00. The fraction of sp³-hybridized carbons (Fsp3) is 0.100. The number of aromatic carboxylic acids is 1. The second kappa shape index (κ2) is 3.31. The average Bonchev–Trinajstić information content (AvgIpc) is 2.70. The van der Waals surface area contributed by atoms with Gasteiger partial charge in [-0.25, -0.2) is 4.79 Å². The van der Waals surface area contributed by atoms with Crippen LogP contribution in [0, 0.1) is 6.92 Å². The highest BCUT2D eigenvalue weighted by atomic mass is 32.1. The Morgan fingerprint density at radius 1 is 1.36 bits per heavy atom. The number of H-pyrrole nitrogens is 1. The van der Waals surface area contributed by atoms with E-state index in [-0.39, 0.29) is 5.69 Å². The molecule has 2 heterocycles. The molecule has 0 aliphatic carbocycles. The molecule has 2 rings (SSSR count). The molecule has 0 bridgehead atoms. The molecule has 2 aromatic heterocycles. The van der Waals surface area contributed by atoms with Crippen LogP contribution in [0.4, 0.5) is 0 Å². The number of hydrogen-bond acceptors (Lipinski definition) is 2. The van der Waals surface area contributed by atoms with Crippen LogP contribution in [-0.4, -0.2) is 16.1 Å². The summed E-state index contributed by atoms with van der Waals surface area (Å²) in [5.41, 5.74) is 1.09. The van der Waals surface area contributed by atoms with Gasteiger partial charge in [-0.15, -0.1) is 11.3 Å². The van der Waals surface area contributed by atoms with Crippen molar-refractivity contribution in [2.24, 2.45) is 0 Å². The van der Waals surface area contributed by atoms with Gasteiger partial charge in [0.2, 0.25) is 0 Å². The first kappa shape index (κ1) is 9.02. The van der Waals surface area contributed by atoms with Crippen LogP contribution in [-0.2, 0) is 0 Å². The molecule has 0 fully saturated rings. The molecule has 2 aromatic rings. The highest BCUT2D eigenvalue weighted by Gasteiger charge is 2.07. The predicted molar refractivity (Wildman–Crippen MR) is 55.8 cm³/mol. The maximum absolute atomic E-state index is 10.6. The van der Waals surface area contributed by atoms with Crippen molar-refractivity contribution >= 4 is 17.3 Å². The molecule has 4 heteroatoms. The number of aryl methyl sites for hydroxylation is 1. The van der Waals surface area contributed by atoms with E-state index in [0.29, 0.717) is 0 Å². The minimum Gasteiger partial charge on any atom is -0.477 e. The first-order valence-corrected chi connectivity index (χ1v) is 4.97. The number of thiophene rings is 1. The lowest BCUT2D eigenvalue weighted by Crippen LogP contribution is -1.95. The number of hydrogen-bond donors (Lipinski definition) is 2. The van der Waals surface area contributed by atoms with Gasteiger partial charge in [0.05, 0.1) is 10.6 Å². The molecule has 0 spiro atoms. The van der Waals surface area contributed by atoms with Crippen molar-refractivity contribution in [3.8, 4) is 10.6 Å².